The topological polar surface area (TPSA) is 52.6 Å². The second-order valence-corrected chi connectivity index (χ2v) is 5.34. The summed E-state index contributed by atoms with van der Waals surface area (Å²) in [5.74, 6) is -0.221. The monoisotopic (exact) mass is 262 g/mol. The Kier molecular flexibility index (Phi) is 4.93. The first-order chi connectivity index (χ1) is 9.16. The number of nitrogens with zero attached hydrogens (tertiary/aromatic N) is 1. The number of carboxylic acid groups (broad SMARTS) is 1. The van der Waals surface area contributed by atoms with Gasteiger partial charge in [-0.3, -0.25) is 4.79 Å². The number of hydrogen-bond donors (Lipinski definition) is 2. The van der Waals surface area contributed by atoms with Crippen molar-refractivity contribution in [2.24, 2.45) is 5.92 Å². The van der Waals surface area contributed by atoms with Crippen molar-refractivity contribution >= 4 is 5.97 Å². The molecule has 104 valence electrons. The number of piperidine rings is 1. The van der Waals surface area contributed by atoms with E-state index in [1.807, 2.05) is 30.3 Å². The molecule has 1 aromatic carbocycles. The Labute approximate surface area is 114 Å². The molecule has 4 nitrogen and oxygen atoms in total. The molecule has 1 fully saturated rings. The van der Waals surface area contributed by atoms with E-state index >= 15 is 0 Å². The van der Waals surface area contributed by atoms with Crippen LogP contribution >= 0.6 is 0 Å². The molecular formula is C15H22N2O2. The molecule has 2 N–H and O–H groups in total. The fourth-order valence-corrected chi connectivity index (χ4v) is 2.54. The summed E-state index contributed by atoms with van der Waals surface area (Å²) in [6.45, 7) is 2.99. The lowest BCUT2D eigenvalue weighted by molar-refractivity contribution is -0.139. The lowest BCUT2D eigenvalue weighted by Crippen LogP contribution is -2.37. The van der Waals surface area contributed by atoms with Crippen LogP contribution in [-0.4, -0.2) is 42.7 Å². The molecule has 0 saturated carbocycles. The third kappa shape index (κ3) is 4.04. The third-order valence-corrected chi connectivity index (χ3v) is 3.83. The molecule has 1 aromatic rings. The van der Waals surface area contributed by atoms with Crippen LogP contribution in [0.2, 0.25) is 0 Å². The van der Waals surface area contributed by atoms with E-state index in [9.17, 15) is 9.90 Å². The van der Waals surface area contributed by atoms with E-state index in [1.165, 1.54) is 0 Å². The maximum atomic E-state index is 11.4. The van der Waals surface area contributed by atoms with Crippen molar-refractivity contribution in [1.29, 1.82) is 0 Å². The summed E-state index contributed by atoms with van der Waals surface area (Å²) < 4.78 is 0. The molecular weight excluding hydrogens is 240 g/mol. The zero-order valence-corrected chi connectivity index (χ0v) is 11.4. The molecule has 4 heteroatoms. The molecule has 19 heavy (non-hydrogen) atoms. The summed E-state index contributed by atoms with van der Waals surface area (Å²) in [5, 5.41) is 12.5. The molecule has 1 aliphatic heterocycles. The standard InChI is InChI=1S/C15H22N2O2/c1-17-9-7-12(8-10-17)11-16-14(15(18)19)13-5-3-2-4-6-13/h2-6,12,14,16H,7-11H2,1H3,(H,18,19). The molecule has 0 radical (unpaired) electrons. The Morgan fingerprint density at radius 1 is 1.37 bits per heavy atom. The number of likely N-dealkylation sites (tertiary alicyclic amines) is 1. The second-order valence-electron chi connectivity index (χ2n) is 5.34. The summed E-state index contributed by atoms with van der Waals surface area (Å²) in [6.07, 6.45) is 2.29. The van der Waals surface area contributed by atoms with Crippen molar-refractivity contribution < 1.29 is 9.90 Å². The van der Waals surface area contributed by atoms with Gasteiger partial charge in [0.05, 0.1) is 0 Å². The SMILES string of the molecule is CN1CCC(CNC(C(=O)O)c2ccccc2)CC1. The van der Waals surface area contributed by atoms with Gasteiger partial charge < -0.3 is 15.3 Å². The van der Waals surface area contributed by atoms with Crippen LogP contribution in [0.15, 0.2) is 30.3 Å². The molecule has 1 saturated heterocycles. The van der Waals surface area contributed by atoms with E-state index in [2.05, 4.69) is 17.3 Å². The highest BCUT2D eigenvalue weighted by Crippen LogP contribution is 2.18. The van der Waals surface area contributed by atoms with Gasteiger partial charge in [0, 0.05) is 0 Å². The summed E-state index contributed by atoms with van der Waals surface area (Å²) in [6, 6.07) is 8.78. The maximum Gasteiger partial charge on any atom is 0.325 e. The first kappa shape index (κ1) is 14.0. The maximum absolute atomic E-state index is 11.4. The van der Waals surface area contributed by atoms with E-state index in [4.69, 9.17) is 0 Å². The van der Waals surface area contributed by atoms with Gasteiger partial charge in [0.15, 0.2) is 0 Å². The van der Waals surface area contributed by atoms with Crippen molar-refractivity contribution in [3.05, 3.63) is 35.9 Å². The normalized spacial score (nSPS) is 19.2. The molecule has 0 amide bonds. The molecule has 0 bridgehead atoms. The van der Waals surface area contributed by atoms with E-state index in [1.54, 1.807) is 0 Å². The molecule has 1 heterocycles. The second kappa shape index (κ2) is 6.68. The molecule has 0 aromatic heterocycles. The quantitative estimate of drug-likeness (QED) is 0.849. The lowest BCUT2D eigenvalue weighted by atomic mass is 9.96. The van der Waals surface area contributed by atoms with Crippen LogP contribution < -0.4 is 5.32 Å². The van der Waals surface area contributed by atoms with Crippen molar-refractivity contribution in [3.63, 3.8) is 0 Å². The zero-order chi connectivity index (χ0) is 13.7. The summed E-state index contributed by atoms with van der Waals surface area (Å²) in [5.41, 5.74) is 0.822. The van der Waals surface area contributed by atoms with E-state index in [0.29, 0.717) is 5.92 Å². The Balaban J connectivity index is 1.90. The van der Waals surface area contributed by atoms with E-state index in [0.717, 1.165) is 38.0 Å². The number of benzene rings is 1. The van der Waals surface area contributed by atoms with Crippen LogP contribution in [0.3, 0.4) is 0 Å². The van der Waals surface area contributed by atoms with Crippen LogP contribution in [0.25, 0.3) is 0 Å². The van der Waals surface area contributed by atoms with Gasteiger partial charge in [0.1, 0.15) is 6.04 Å². The third-order valence-electron chi connectivity index (χ3n) is 3.83. The first-order valence-corrected chi connectivity index (χ1v) is 6.86. The van der Waals surface area contributed by atoms with Gasteiger partial charge >= 0.3 is 5.97 Å². The number of hydrogen-bond acceptors (Lipinski definition) is 3. The molecule has 0 spiro atoms. The minimum absolute atomic E-state index is 0.585. The minimum atomic E-state index is -0.806. The Morgan fingerprint density at radius 2 is 2.00 bits per heavy atom. The number of rotatable bonds is 5. The van der Waals surface area contributed by atoms with Crippen LogP contribution in [0.1, 0.15) is 24.4 Å². The van der Waals surface area contributed by atoms with Crippen LogP contribution in [0.5, 0.6) is 0 Å². The van der Waals surface area contributed by atoms with Gasteiger partial charge in [-0.1, -0.05) is 30.3 Å². The average Bonchev–Trinajstić information content (AvgIpc) is 2.42. The highest BCUT2D eigenvalue weighted by molar-refractivity contribution is 5.75. The summed E-state index contributed by atoms with van der Waals surface area (Å²) >= 11 is 0. The fourth-order valence-electron chi connectivity index (χ4n) is 2.54. The largest absolute Gasteiger partial charge is 0.480 e. The van der Waals surface area contributed by atoms with Gasteiger partial charge in [-0.15, -0.1) is 0 Å². The number of nitrogens with one attached hydrogen (secondary N) is 1. The number of aliphatic carboxylic acids is 1. The smallest absolute Gasteiger partial charge is 0.325 e. The van der Waals surface area contributed by atoms with Crippen molar-refractivity contribution in [2.45, 2.75) is 18.9 Å². The highest BCUT2D eigenvalue weighted by atomic mass is 16.4. The Morgan fingerprint density at radius 3 is 2.58 bits per heavy atom. The van der Waals surface area contributed by atoms with E-state index in [-0.39, 0.29) is 0 Å². The molecule has 2 rings (SSSR count). The molecule has 1 unspecified atom stereocenters. The average molecular weight is 262 g/mol. The van der Waals surface area contributed by atoms with E-state index < -0.39 is 12.0 Å². The van der Waals surface area contributed by atoms with Gasteiger partial charge in [0.25, 0.3) is 0 Å². The van der Waals surface area contributed by atoms with Crippen molar-refractivity contribution in [2.75, 3.05) is 26.7 Å². The number of carbonyl (C=O) groups is 1. The van der Waals surface area contributed by atoms with Crippen LogP contribution in [0, 0.1) is 5.92 Å². The van der Waals surface area contributed by atoms with Crippen LogP contribution in [-0.2, 0) is 4.79 Å². The van der Waals surface area contributed by atoms with Gasteiger partial charge in [-0.2, -0.15) is 0 Å². The first-order valence-electron chi connectivity index (χ1n) is 6.86. The van der Waals surface area contributed by atoms with Crippen molar-refractivity contribution in [3.8, 4) is 0 Å². The summed E-state index contributed by atoms with van der Waals surface area (Å²) in [4.78, 5) is 13.7. The van der Waals surface area contributed by atoms with Gasteiger partial charge in [-0.05, 0) is 51.0 Å². The minimum Gasteiger partial charge on any atom is -0.480 e. The summed E-state index contributed by atoms with van der Waals surface area (Å²) in [7, 11) is 2.13. The van der Waals surface area contributed by atoms with Gasteiger partial charge in [0.2, 0.25) is 0 Å². The predicted octanol–water partition coefficient (Wildman–Crippen LogP) is 1.74. The highest BCUT2D eigenvalue weighted by Gasteiger charge is 2.22. The number of carboxylic acids is 1. The molecule has 0 aliphatic carbocycles. The van der Waals surface area contributed by atoms with Crippen molar-refractivity contribution in [1.82, 2.24) is 10.2 Å². The van der Waals surface area contributed by atoms with Gasteiger partial charge in [-0.25, -0.2) is 0 Å². The van der Waals surface area contributed by atoms with Crippen LogP contribution in [0.4, 0.5) is 0 Å². The molecule has 1 aliphatic rings. The molecule has 1 atom stereocenters. The Hall–Kier alpha value is -1.39. The fraction of sp³-hybridized carbons (Fsp3) is 0.533. The zero-order valence-electron chi connectivity index (χ0n) is 11.4. The predicted molar refractivity (Wildman–Crippen MR) is 75.0 cm³/mol. The lowest BCUT2D eigenvalue weighted by Gasteiger charge is -2.29. The Bertz CT molecular complexity index is 400.